The van der Waals surface area contributed by atoms with Gasteiger partial charge in [0.05, 0.1) is 66.2 Å². The van der Waals surface area contributed by atoms with Gasteiger partial charge in [-0.3, -0.25) is 48.4 Å². The molecule has 1 unspecified atom stereocenters. The summed E-state index contributed by atoms with van der Waals surface area (Å²) in [5.41, 5.74) is 8.49. The van der Waals surface area contributed by atoms with Gasteiger partial charge in [0.1, 0.15) is 5.75 Å². The first-order valence-electron chi connectivity index (χ1n) is 30.5. The van der Waals surface area contributed by atoms with E-state index in [1.165, 1.54) is 22.3 Å². The Morgan fingerprint density at radius 3 is 1.92 bits per heavy atom. The number of piperazine rings is 1. The molecule has 6 amide bonds. The summed E-state index contributed by atoms with van der Waals surface area (Å²) in [5, 5.41) is 5.50. The SMILES string of the molecule is CCSC1CC(=O)N(CCCCCC(=O)N[C@H](C(=O)C[C@@H](C)C(=O)Nc2ccc(C3=CN4C(=O)c5cc(C)c(OCCCOc6cc7c(cc6OC)C(=O)N6C=C(c8ccc(N9CCN(C)CC9)cc8)C[C@H]6C=N7)cc5N=C[C@@H]4C3)cc2)C(C)C)C1=O. The molecule has 4 aromatic rings. The highest BCUT2D eigenvalue weighted by molar-refractivity contribution is 8.00. The molecule has 19 nitrogen and oxygen atoms in total. The molecular formula is C67H79N9O10S. The quantitative estimate of drug-likeness (QED) is 0.0468. The molecule has 6 aliphatic heterocycles. The zero-order valence-electron chi connectivity index (χ0n) is 50.8. The number of benzene rings is 4. The summed E-state index contributed by atoms with van der Waals surface area (Å²) in [5.74, 6) is 0.0241. The number of ketones is 1. The fourth-order valence-electron chi connectivity index (χ4n) is 11.9. The summed E-state index contributed by atoms with van der Waals surface area (Å²) < 4.78 is 18.2. The van der Waals surface area contributed by atoms with Crippen LogP contribution in [0.5, 0.6) is 17.2 Å². The maximum atomic E-state index is 14.1. The van der Waals surface area contributed by atoms with Gasteiger partial charge in [0.25, 0.3) is 11.8 Å². The number of fused-ring (bicyclic) bond motifs is 4. The van der Waals surface area contributed by atoms with Crippen LogP contribution in [0.3, 0.4) is 0 Å². The maximum Gasteiger partial charge on any atom is 0.260 e. The molecule has 0 bridgehead atoms. The van der Waals surface area contributed by atoms with E-state index in [9.17, 15) is 33.6 Å². The van der Waals surface area contributed by atoms with Crippen molar-refractivity contribution in [1.82, 2.24) is 24.9 Å². The Balaban J connectivity index is 0.664. The van der Waals surface area contributed by atoms with Gasteiger partial charge in [0.15, 0.2) is 17.3 Å². The first-order valence-corrected chi connectivity index (χ1v) is 31.5. The van der Waals surface area contributed by atoms with Crippen LogP contribution in [0.25, 0.3) is 11.1 Å². The highest BCUT2D eigenvalue weighted by atomic mass is 32.2. The summed E-state index contributed by atoms with van der Waals surface area (Å²) in [7, 11) is 3.71. The van der Waals surface area contributed by atoms with E-state index in [1.54, 1.807) is 60.4 Å². The topological polar surface area (TPSA) is 212 Å². The highest BCUT2D eigenvalue weighted by Gasteiger charge is 2.39. The molecule has 0 radical (unpaired) electrons. The van der Waals surface area contributed by atoms with Gasteiger partial charge in [-0.1, -0.05) is 58.4 Å². The number of unbranched alkanes of at least 4 members (excludes halogenated alkanes) is 2. The van der Waals surface area contributed by atoms with Crippen LogP contribution in [0, 0.1) is 18.8 Å². The van der Waals surface area contributed by atoms with Crippen LogP contribution in [0.2, 0.25) is 0 Å². The number of Topliss-reactive ketones (excluding diaryl/α,β-unsaturated/α-hetero) is 1. The van der Waals surface area contributed by atoms with E-state index in [1.807, 2.05) is 64.5 Å². The Kier molecular flexibility index (Phi) is 19.7. The lowest BCUT2D eigenvalue weighted by Gasteiger charge is -2.34. The lowest BCUT2D eigenvalue weighted by atomic mass is 9.92. The number of anilines is 2. The number of likely N-dealkylation sites (tertiary alicyclic amines) is 1. The standard InChI is InChI=1S/C67H79N9O10S/c1-8-87-60-36-62(79)74(67(60)83)22-11-9-10-13-61(78)71-63(41(2)3)56(77)30-43(5)64(80)70-48-18-14-44(15-19-48)46-31-50-37-68-54-34-57(42(4)29-52(54)65(81)75(50)39-46)85-27-12-28-86-59-35-55-53(33-58(59)84-7)66(82)76-40-47(32-51(76)38-69-55)45-16-20-49(21-17-45)73-25-23-72(6)24-26-73/h14-21,29,33-35,37-41,43,50-51,60,63H,8-13,22-28,30-32,36H2,1-7H3,(H,70,80)(H,71,78)/t43-,50+,51+,60?,63+/m1/s1. The Bertz CT molecular complexity index is 3410. The fourth-order valence-corrected chi connectivity index (χ4v) is 12.8. The van der Waals surface area contributed by atoms with Crippen molar-refractivity contribution in [2.75, 3.05) is 76.1 Å². The molecule has 4 aromatic carbocycles. The lowest BCUT2D eigenvalue weighted by molar-refractivity contribution is -0.138. The number of hydrogen-bond acceptors (Lipinski definition) is 15. The fraction of sp³-hybridized carbons (Fsp3) is 0.448. The number of aryl methyl sites for hydroxylation is 1. The number of nitrogens with zero attached hydrogens (tertiary/aromatic N) is 7. The third kappa shape index (κ3) is 14.3. The zero-order valence-corrected chi connectivity index (χ0v) is 51.7. The molecule has 5 atom stereocenters. The second kappa shape index (κ2) is 27.7. The van der Waals surface area contributed by atoms with Gasteiger partial charge < -0.3 is 44.4 Å². The number of imide groups is 1. The van der Waals surface area contributed by atoms with Gasteiger partial charge >= 0.3 is 0 Å². The van der Waals surface area contributed by atoms with Crippen molar-refractivity contribution in [3.05, 3.63) is 113 Å². The average molecular weight is 1200 g/mol. The van der Waals surface area contributed by atoms with Crippen molar-refractivity contribution in [3.8, 4) is 17.2 Å². The first-order chi connectivity index (χ1) is 42.0. The number of carbonyl (C=O) groups is 7. The van der Waals surface area contributed by atoms with Crippen LogP contribution < -0.4 is 29.7 Å². The number of carbonyl (C=O) groups excluding carboxylic acids is 7. The van der Waals surface area contributed by atoms with E-state index in [4.69, 9.17) is 24.2 Å². The van der Waals surface area contributed by atoms with Gasteiger partial charge in [0.2, 0.25) is 23.6 Å². The monoisotopic (exact) mass is 1200 g/mol. The Morgan fingerprint density at radius 2 is 1.31 bits per heavy atom. The minimum Gasteiger partial charge on any atom is -0.493 e. The van der Waals surface area contributed by atoms with Gasteiger partial charge in [0, 0.05) is 126 Å². The van der Waals surface area contributed by atoms with Crippen molar-refractivity contribution >= 4 is 99.3 Å². The van der Waals surface area contributed by atoms with Crippen molar-refractivity contribution in [2.45, 2.75) is 116 Å². The third-order valence-corrected chi connectivity index (χ3v) is 18.1. The van der Waals surface area contributed by atoms with E-state index >= 15 is 0 Å². The van der Waals surface area contributed by atoms with Crippen LogP contribution >= 0.6 is 11.8 Å². The molecule has 0 aromatic heterocycles. The summed E-state index contributed by atoms with van der Waals surface area (Å²) >= 11 is 1.49. The minimum atomic E-state index is -0.751. The molecule has 6 aliphatic rings. The maximum absolute atomic E-state index is 14.1. The van der Waals surface area contributed by atoms with Gasteiger partial charge in [-0.2, -0.15) is 0 Å². The molecule has 6 heterocycles. The van der Waals surface area contributed by atoms with Crippen molar-refractivity contribution in [3.63, 3.8) is 0 Å². The molecule has 2 saturated heterocycles. The van der Waals surface area contributed by atoms with Crippen LogP contribution in [-0.4, -0.2) is 162 Å². The minimum absolute atomic E-state index is 0.0564. The number of nitrogens with one attached hydrogen (secondary N) is 2. The number of thioether (sulfide) groups is 1. The van der Waals surface area contributed by atoms with Crippen LogP contribution in [0.15, 0.2) is 95.2 Å². The lowest BCUT2D eigenvalue weighted by Crippen LogP contribution is -2.45. The number of likely N-dealkylation sites (N-methyl/N-ethyl adjacent to an activating group) is 1. The molecule has 87 heavy (non-hydrogen) atoms. The Hall–Kier alpha value is -8.10. The molecule has 0 aliphatic carbocycles. The summed E-state index contributed by atoms with van der Waals surface area (Å²) in [6.45, 7) is 14.3. The number of aliphatic imine (C=N–C) groups is 2. The Morgan fingerprint density at radius 1 is 0.713 bits per heavy atom. The van der Waals surface area contributed by atoms with Crippen molar-refractivity contribution in [1.29, 1.82) is 0 Å². The number of amides is 6. The number of rotatable bonds is 25. The van der Waals surface area contributed by atoms with Gasteiger partial charge in [-0.05, 0) is 103 Å². The van der Waals surface area contributed by atoms with E-state index < -0.39 is 12.0 Å². The zero-order chi connectivity index (χ0) is 61.5. The summed E-state index contributed by atoms with van der Waals surface area (Å²) in [6, 6.07) is 21.8. The second-order valence-electron chi connectivity index (χ2n) is 23.6. The highest BCUT2D eigenvalue weighted by Crippen LogP contribution is 2.41. The molecule has 10 rings (SSSR count). The van der Waals surface area contributed by atoms with Gasteiger partial charge in [-0.25, -0.2) is 0 Å². The third-order valence-electron chi connectivity index (χ3n) is 17.0. The predicted octanol–water partition coefficient (Wildman–Crippen LogP) is 9.66. The van der Waals surface area contributed by atoms with E-state index in [2.05, 4.69) is 51.7 Å². The molecule has 0 spiro atoms. The predicted molar refractivity (Wildman–Crippen MR) is 340 cm³/mol. The number of ether oxygens (including phenoxy) is 3. The summed E-state index contributed by atoms with van der Waals surface area (Å²) in [6.07, 6.45) is 11.4. The normalized spacial score (nSPS) is 19.7. The van der Waals surface area contributed by atoms with E-state index in [-0.39, 0.29) is 83.7 Å². The number of hydrogen-bond donors (Lipinski definition) is 2. The van der Waals surface area contributed by atoms with Crippen LogP contribution in [0.4, 0.5) is 22.7 Å². The first kappa shape index (κ1) is 62.0. The van der Waals surface area contributed by atoms with E-state index in [0.29, 0.717) is 104 Å². The van der Waals surface area contributed by atoms with Crippen molar-refractivity contribution in [2.24, 2.45) is 21.8 Å². The Labute approximate surface area is 513 Å². The largest absolute Gasteiger partial charge is 0.493 e. The van der Waals surface area contributed by atoms with E-state index in [0.717, 1.165) is 59.8 Å². The average Bonchev–Trinajstić information content (AvgIpc) is 1.93. The van der Waals surface area contributed by atoms with Crippen LogP contribution in [0.1, 0.15) is 123 Å². The van der Waals surface area contributed by atoms with Gasteiger partial charge in [-0.15, -0.1) is 11.8 Å². The number of methoxy groups -OCH3 is 1. The van der Waals surface area contributed by atoms with Crippen molar-refractivity contribution < 1.29 is 47.8 Å². The molecule has 2 N–H and O–H groups in total. The summed E-state index contributed by atoms with van der Waals surface area (Å²) in [4.78, 5) is 112. The smallest absolute Gasteiger partial charge is 0.260 e. The molecule has 0 saturated carbocycles. The second-order valence-corrected chi connectivity index (χ2v) is 25.1. The van der Waals surface area contributed by atoms with Crippen LogP contribution in [-0.2, 0) is 24.0 Å². The molecular weight excluding hydrogens is 1120 g/mol. The molecule has 20 heteroatoms. The molecule has 2 fully saturated rings. The molecule has 458 valence electrons.